The van der Waals surface area contributed by atoms with Crippen molar-refractivity contribution >= 4 is 21.9 Å². The lowest BCUT2D eigenvalue weighted by atomic mass is 10.2. The molecule has 0 aliphatic carbocycles. The number of rotatable bonds is 5. The molecule has 2 rings (SSSR count). The highest BCUT2D eigenvalue weighted by Gasteiger charge is 2.21. The minimum absolute atomic E-state index is 0.122. The van der Waals surface area contributed by atoms with E-state index in [0.29, 0.717) is 13.1 Å². The van der Waals surface area contributed by atoms with E-state index in [1.165, 1.54) is 18.2 Å². The molecule has 1 aliphatic heterocycles. The highest BCUT2D eigenvalue weighted by atomic mass is 32.2. The summed E-state index contributed by atoms with van der Waals surface area (Å²) in [5.41, 5.74) is -0.122. The Morgan fingerprint density at radius 1 is 1.24 bits per heavy atom. The number of hydrogen-bond donors (Lipinski definition) is 2. The largest absolute Gasteiger partial charge is 0.478 e. The van der Waals surface area contributed by atoms with E-state index in [2.05, 4.69) is 4.72 Å². The Morgan fingerprint density at radius 2 is 1.90 bits per heavy atom. The fraction of sp³-hybridized carbons (Fsp3) is 0.385. The summed E-state index contributed by atoms with van der Waals surface area (Å²) in [6.07, 6.45) is 1.86. The normalized spacial score (nSPS) is 15.1. The number of benzene rings is 1. The quantitative estimate of drug-likeness (QED) is 0.813. The third kappa shape index (κ3) is 3.79. The van der Waals surface area contributed by atoms with E-state index < -0.39 is 16.0 Å². The van der Waals surface area contributed by atoms with Crippen molar-refractivity contribution < 1.29 is 23.1 Å². The van der Waals surface area contributed by atoms with Crippen LogP contribution in [0.5, 0.6) is 0 Å². The zero-order chi connectivity index (χ0) is 15.5. The lowest BCUT2D eigenvalue weighted by Gasteiger charge is -2.15. The van der Waals surface area contributed by atoms with Crippen LogP contribution in [0.15, 0.2) is 29.2 Å². The number of likely N-dealkylation sites (tertiary alicyclic amines) is 1. The van der Waals surface area contributed by atoms with E-state index in [4.69, 9.17) is 5.11 Å². The van der Waals surface area contributed by atoms with Crippen LogP contribution >= 0.6 is 0 Å². The van der Waals surface area contributed by atoms with Gasteiger partial charge in [0.1, 0.15) is 0 Å². The molecule has 21 heavy (non-hydrogen) atoms. The van der Waals surface area contributed by atoms with Gasteiger partial charge in [0, 0.05) is 13.1 Å². The fourth-order valence-electron chi connectivity index (χ4n) is 2.11. The lowest BCUT2D eigenvalue weighted by molar-refractivity contribution is -0.128. The highest BCUT2D eigenvalue weighted by Crippen LogP contribution is 2.12. The average molecular weight is 312 g/mol. The van der Waals surface area contributed by atoms with E-state index in [0.717, 1.165) is 18.9 Å². The van der Waals surface area contributed by atoms with Crippen molar-refractivity contribution in [2.24, 2.45) is 0 Å². The number of carbonyl (C=O) groups is 2. The molecule has 0 atom stereocenters. The molecule has 0 bridgehead atoms. The Kier molecular flexibility index (Phi) is 4.59. The molecule has 1 aromatic carbocycles. The number of carboxylic acids is 1. The predicted molar refractivity (Wildman–Crippen MR) is 74.4 cm³/mol. The summed E-state index contributed by atoms with van der Waals surface area (Å²) in [7, 11) is -3.90. The van der Waals surface area contributed by atoms with Gasteiger partial charge in [-0.25, -0.2) is 17.9 Å². The maximum atomic E-state index is 12.1. The Morgan fingerprint density at radius 3 is 2.52 bits per heavy atom. The Labute approximate surface area is 122 Å². The van der Waals surface area contributed by atoms with Crippen molar-refractivity contribution in [2.75, 3.05) is 19.6 Å². The van der Waals surface area contributed by atoms with Crippen LogP contribution < -0.4 is 4.72 Å². The summed E-state index contributed by atoms with van der Waals surface area (Å²) in [4.78, 5) is 24.1. The monoisotopic (exact) mass is 312 g/mol. The number of nitrogens with one attached hydrogen (secondary N) is 1. The Hall–Kier alpha value is -1.93. The van der Waals surface area contributed by atoms with Crippen molar-refractivity contribution in [1.82, 2.24) is 9.62 Å². The molecule has 0 unspecified atom stereocenters. The maximum Gasteiger partial charge on any atom is 0.335 e. The molecular weight excluding hydrogens is 296 g/mol. The molecule has 1 aliphatic rings. The minimum atomic E-state index is -3.90. The van der Waals surface area contributed by atoms with E-state index >= 15 is 0 Å². The molecule has 0 spiro atoms. The molecule has 7 nitrogen and oxygen atoms in total. The van der Waals surface area contributed by atoms with E-state index in [1.807, 2.05) is 0 Å². The van der Waals surface area contributed by atoms with Gasteiger partial charge in [0.25, 0.3) is 0 Å². The Balaban J connectivity index is 2.06. The molecule has 0 aromatic heterocycles. The van der Waals surface area contributed by atoms with Crippen LogP contribution in [0, 0.1) is 0 Å². The molecule has 8 heteroatoms. The SMILES string of the molecule is O=C(O)c1cccc(S(=O)(=O)NCC(=O)N2CCCC2)c1. The smallest absolute Gasteiger partial charge is 0.335 e. The zero-order valence-corrected chi connectivity index (χ0v) is 12.1. The average Bonchev–Trinajstić information content (AvgIpc) is 2.99. The summed E-state index contributed by atoms with van der Waals surface area (Å²) in [6, 6.07) is 5.00. The van der Waals surface area contributed by atoms with Gasteiger partial charge in [0.15, 0.2) is 0 Å². The van der Waals surface area contributed by atoms with Gasteiger partial charge in [0.2, 0.25) is 15.9 Å². The number of sulfonamides is 1. The van der Waals surface area contributed by atoms with Crippen molar-refractivity contribution in [2.45, 2.75) is 17.7 Å². The third-order valence-corrected chi connectivity index (χ3v) is 4.66. The van der Waals surface area contributed by atoms with E-state index in [1.54, 1.807) is 4.90 Å². The van der Waals surface area contributed by atoms with Gasteiger partial charge in [-0.05, 0) is 31.0 Å². The molecular formula is C13H16N2O5S. The molecule has 2 N–H and O–H groups in total. The molecule has 114 valence electrons. The van der Waals surface area contributed by atoms with Crippen molar-refractivity contribution in [1.29, 1.82) is 0 Å². The first-order valence-electron chi connectivity index (χ1n) is 6.51. The zero-order valence-electron chi connectivity index (χ0n) is 11.3. The molecule has 0 saturated carbocycles. The standard InChI is InChI=1S/C13H16N2O5S/c16-12(15-6-1-2-7-15)9-14-21(19,20)11-5-3-4-10(8-11)13(17)18/h3-5,8,14H,1-2,6-7,9H2,(H,17,18). The summed E-state index contributed by atoms with van der Waals surface area (Å²) in [5, 5.41) is 8.86. The predicted octanol–water partition coefficient (Wildman–Crippen LogP) is 0.285. The van der Waals surface area contributed by atoms with Crippen molar-refractivity contribution in [3.05, 3.63) is 29.8 Å². The third-order valence-electron chi connectivity index (χ3n) is 3.26. The minimum Gasteiger partial charge on any atom is -0.478 e. The first-order chi connectivity index (χ1) is 9.90. The Bertz CT molecular complexity index is 650. The van der Waals surface area contributed by atoms with Crippen LogP contribution in [0.2, 0.25) is 0 Å². The molecule has 0 radical (unpaired) electrons. The van der Waals surface area contributed by atoms with Gasteiger partial charge in [-0.1, -0.05) is 6.07 Å². The van der Waals surface area contributed by atoms with Crippen LogP contribution in [0.25, 0.3) is 0 Å². The maximum absolute atomic E-state index is 12.1. The van der Waals surface area contributed by atoms with Gasteiger partial charge >= 0.3 is 5.97 Å². The summed E-state index contributed by atoms with van der Waals surface area (Å²) >= 11 is 0. The van der Waals surface area contributed by atoms with Crippen LogP contribution in [-0.2, 0) is 14.8 Å². The first kappa shape index (κ1) is 15.5. The molecule has 1 heterocycles. The second-order valence-corrected chi connectivity index (χ2v) is 6.51. The molecule has 1 amide bonds. The van der Waals surface area contributed by atoms with Gasteiger partial charge in [-0.2, -0.15) is 0 Å². The number of carboxylic acid groups (broad SMARTS) is 1. The molecule has 1 aromatic rings. The number of amides is 1. The number of nitrogens with zero attached hydrogens (tertiary/aromatic N) is 1. The number of aromatic carboxylic acids is 1. The van der Waals surface area contributed by atoms with E-state index in [9.17, 15) is 18.0 Å². The van der Waals surface area contributed by atoms with Crippen LogP contribution in [0.3, 0.4) is 0 Å². The topological polar surface area (TPSA) is 104 Å². The first-order valence-corrected chi connectivity index (χ1v) is 7.99. The van der Waals surface area contributed by atoms with Crippen LogP contribution in [0.1, 0.15) is 23.2 Å². The van der Waals surface area contributed by atoms with Crippen molar-refractivity contribution in [3.8, 4) is 0 Å². The fourth-order valence-corrected chi connectivity index (χ4v) is 3.13. The van der Waals surface area contributed by atoms with Gasteiger partial charge in [-0.15, -0.1) is 0 Å². The van der Waals surface area contributed by atoms with Crippen molar-refractivity contribution in [3.63, 3.8) is 0 Å². The van der Waals surface area contributed by atoms with Crippen LogP contribution in [-0.4, -0.2) is 49.9 Å². The number of carbonyl (C=O) groups excluding carboxylic acids is 1. The number of hydrogen-bond acceptors (Lipinski definition) is 4. The van der Waals surface area contributed by atoms with Crippen LogP contribution in [0.4, 0.5) is 0 Å². The second kappa shape index (κ2) is 6.23. The summed E-state index contributed by atoms with van der Waals surface area (Å²) in [6.45, 7) is 0.976. The molecule has 1 fully saturated rings. The lowest BCUT2D eigenvalue weighted by Crippen LogP contribution is -2.38. The van der Waals surface area contributed by atoms with Gasteiger partial charge < -0.3 is 10.0 Å². The highest BCUT2D eigenvalue weighted by molar-refractivity contribution is 7.89. The van der Waals surface area contributed by atoms with E-state index in [-0.39, 0.29) is 22.9 Å². The van der Waals surface area contributed by atoms with Gasteiger partial charge in [-0.3, -0.25) is 4.79 Å². The summed E-state index contributed by atoms with van der Waals surface area (Å²) < 4.78 is 26.3. The van der Waals surface area contributed by atoms with Gasteiger partial charge in [0.05, 0.1) is 17.0 Å². The summed E-state index contributed by atoms with van der Waals surface area (Å²) in [5.74, 6) is -1.48. The molecule has 1 saturated heterocycles. The second-order valence-electron chi connectivity index (χ2n) is 4.75.